The van der Waals surface area contributed by atoms with Crippen LogP contribution in [-0.4, -0.2) is 28.1 Å². The summed E-state index contributed by atoms with van der Waals surface area (Å²) in [7, 11) is 0. The van der Waals surface area contributed by atoms with E-state index < -0.39 is 0 Å². The van der Waals surface area contributed by atoms with Gasteiger partial charge < -0.3 is 0 Å². The second-order valence-electron chi connectivity index (χ2n) is 14.7. The Kier molecular flexibility index (Phi) is 8.95. The average Bonchev–Trinajstić information content (AvgIpc) is 3.30. The van der Waals surface area contributed by atoms with Gasteiger partial charge in [-0.05, 0) is 36.0 Å². The van der Waals surface area contributed by atoms with Gasteiger partial charge in [-0.25, -0.2) is 0 Å². The molecule has 0 N–H and O–H groups in total. The Balaban J connectivity index is 1.26. The summed E-state index contributed by atoms with van der Waals surface area (Å²) in [5, 5.41) is 9.41. The molecule has 0 aromatic heterocycles. The van der Waals surface area contributed by atoms with Crippen LogP contribution >= 0.6 is 0 Å². The molecule has 40 heavy (non-hydrogen) atoms. The molecule has 0 saturated heterocycles. The van der Waals surface area contributed by atoms with E-state index in [0.29, 0.717) is 11.0 Å². The van der Waals surface area contributed by atoms with Crippen LogP contribution in [0.3, 0.4) is 0 Å². The molecular formula is C36H51NO2Se. The zero-order valence-corrected chi connectivity index (χ0v) is 27.4. The summed E-state index contributed by atoms with van der Waals surface area (Å²) in [6, 6.07) is 9.64. The van der Waals surface area contributed by atoms with E-state index in [4.69, 9.17) is 4.74 Å². The van der Waals surface area contributed by atoms with E-state index >= 15 is 0 Å². The zero-order valence-electron chi connectivity index (χ0n) is 25.5. The summed E-state index contributed by atoms with van der Waals surface area (Å²) in [5.74, 6) is 4.73. The van der Waals surface area contributed by atoms with Crippen LogP contribution in [0.1, 0.15) is 126 Å². The van der Waals surface area contributed by atoms with E-state index in [0.717, 1.165) is 60.3 Å². The van der Waals surface area contributed by atoms with Crippen molar-refractivity contribution in [1.82, 2.24) is 0 Å². The average molecular weight is 609 g/mol. The first-order valence-corrected chi connectivity index (χ1v) is 17.2. The van der Waals surface area contributed by atoms with Gasteiger partial charge in [0, 0.05) is 0 Å². The second-order valence-corrected chi connectivity index (χ2v) is 15.8. The molecular weight excluding hydrogens is 557 g/mol. The molecule has 0 bridgehead atoms. The van der Waals surface area contributed by atoms with Crippen molar-refractivity contribution in [2.45, 2.75) is 116 Å². The molecule has 4 aliphatic carbocycles. The third-order valence-electron chi connectivity index (χ3n) is 12.1. The van der Waals surface area contributed by atoms with Crippen molar-refractivity contribution in [3.63, 3.8) is 0 Å². The third-order valence-corrected chi connectivity index (χ3v) is 13.0. The smallest absolute Gasteiger partial charge is 0.0591 e. The Morgan fingerprint density at radius 1 is 1.07 bits per heavy atom. The normalized spacial score (nSPS) is 36.5. The van der Waals surface area contributed by atoms with E-state index in [1.807, 2.05) is 18.2 Å². The van der Waals surface area contributed by atoms with Gasteiger partial charge in [-0.15, -0.1) is 0 Å². The van der Waals surface area contributed by atoms with Crippen molar-refractivity contribution in [2.75, 3.05) is 0 Å². The van der Waals surface area contributed by atoms with Crippen molar-refractivity contribution < 1.29 is 9.53 Å². The van der Waals surface area contributed by atoms with Crippen LogP contribution in [0.5, 0.6) is 0 Å². The number of carbonyl (C=O) groups excluding carboxylic acids is 1. The zero-order chi connectivity index (χ0) is 28.7. The van der Waals surface area contributed by atoms with Gasteiger partial charge in [0.2, 0.25) is 0 Å². The molecule has 1 unspecified atom stereocenters. The fourth-order valence-corrected chi connectivity index (χ4v) is 10.4. The number of nitriles is 1. The minimum absolute atomic E-state index is 0.0697. The van der Waals surface area contributed by atoms with E-state index in [1.54, 1.807) is 11.6 Å². The molecule has 9 atom stereocenters. The summed E-state index contributed by atoms with van der Waals surface area (Å²) in [4.78, 5) is 12.8. The molecule has 0 amide bonds. The number of benzene rings is 1. The number of ether oxygens (including phenoxy) is 1. The molecule has 0 radical (unpaired) electrons. The number of hydrogen-bond acceptors (Lipinski definition) is 3. The number of rotatable bonds is 8. The first kappa shape index (κ1) is 29.9. The number of esters is 1. The van der Waals surface area contributed by atoms with Crippen molar-refractivity contribution in [1.29, 1.82) is 5.26 Å². The topological polar surface area (TPSA) is 50.1 Å². The molecule has 218 valence electrons. The van der Waals surface area contributed by atoms with Gasteiger partial charge >= 0.3 is 169 Å². The van der Waals surface area contributed by atoms with Gasteiger partial charge in [0.25, 0.3) is 0 Å². The standard InChI is InChI=1S/C36H51NO2Se/c1-23(2)9-8-10-24(3)30-15-16-31-29-14-13-25-21-26(17-19-35(25,4)32(29)18-20-36(30,31)5)39-34(38)28-12-7-6-11-27(28)33(40)22-37/h6-7,11-13,23-24,26,29-33,40H,8-10,14-21H2,1-5H3/t24-,26-,29+,30-,31+,32+,33?,35+,36-/m1/s1. The van der Waals surface area contributed by atoms with Crippen molar-refractivity contribution in [3.8, 4) is 6.07 Å². The molecule has 4 aliphatic rings. The van der Waals surface area contributed by atoms with Crippen molar-refractivity contribution in [2.24, 2.45) is 46.3 Å². The predicted octanol–water partition coefficient (Wildman–Crippen LogP) is 8.72. The Morgan fingerprint density at radius 2 is 1.85 bits per heavy atom. The van der Waals surface area contributed by atoms with E-state index in [-0.39, 0.29) is 22.3 Å². The minimum Gasteiger partial charge on any atom is -0.0591 e. The van der Waals surface area contributed by atoms with Gasteiger partial charge in [-0.2, -0.15) is 0 Å². The Hall–Kier alpha value is -1.56. The van der Waals surface area contributed by atoms with Gasteiger partial charge in [-0.3, -0.25) is 0 Å². The molecule has 1 aromatic carbocycles. The molecule has 1 aromatic rings. The fourth-order valence-electron chi connectivity index (χ4n) is 9.96. The second kappa shape index (κ2) is 12.0. The van der Waals surface area contributed by atoms with Crippen LogP contribution in [0.15, 0.2) is 35.9 Å². The van der Waals surface area contributed by atoms with E-state index in [2.05, 4.69) is 62.8 Å². The third kappa shape index (κ3) is 5.47. The first-order chi connectivity index (χ1) is 19.1. The number of fused-ring (bicyclic) bond motifs is 5. The minimum atomic E-state index is -0.390. The molecule has 0 spiro atoms. The van der Waals surface area contributed by atoms with E-state index in [1.165, 1.54) is 51.4 Å². The van der Waals surface area contributed by atoms with Crippen LogP contribution in [0.25, 0.3) is 0 Å². The van der Waals surface area contributed by atoms with Crippen LogP contribution in [-0.2, 0) is 4.74 Å². The maximum absolute atomic E-state index is 13.2. The Morgan fingerprint density at radius 3 is 2.60 bits per heavy atom. The van der Waals surface area contributed by atoms with Crippen LogP contribution in [0.4, 0.5) is 0 Å². The molecule has 3 saturated carbocycles. The molecule has 0 heterocycles. The number of hydrogen-bond donors (Lipinski definition) is 0. The molecule has 3 fully saturated rings. The number of nitrogens with zero attached hydrogens (tertiary/aromatic N) is 1. The summed E-state index contributed by atoms with van der Waals surface area (Å²) < 4.78 is 6.12. The quantitative estimate of drug-likeness (QED) is 0.169. The SMILES string of the molecule is CC(C)CCC[C@@H](C)[C@H]1CC[C@H]2[C@@H]3CC=C4C[C@H](OC(=O)c5ccccc5C([SeH])C#N)CC[C@]4(C)[C@H]3CC[C@]12C. The molecule has 5 rings (SSSR count). The molecule has 0 aliphatic heterocycles. The van der Waals surface area contributed by atoms with Gasteiger partial charge in [0.15, 0.2) is 0 Å². The molecule has 3 nitrogen and oxygen atoms in total. The summed E-state index contributed by atoms with van der Waals surface area (Å²) >= 11 is 2.36. The van der Waals surface area contributed by atoms with Gasteiger partial charge in [0.05, 0.1) is 0 Å². The number of allylic oxidation sites excluding steroid dienone is 1. The van der Waals surface area contributed by atoms with E-state index in [9.17, 15) is 10.1 Å². The van der Waals surface area contributed by atoms with Crippen molar-refractivity contribution >= 4 is 22.0 Å². The fraction of sp³-hybridized carbons (Fsp3) is 0.722. The Bertz CT molecular complexity index is 1150. The monoisotopic (exact) mass is 609 g/mol. The predicted molar refractivity (Wildman–Crippen MR) is 164 cm³/mol. The summed E-state index contributed by atoms with van der Waals surface area (Å²) in [6.07, 6.45) is 16.4. The summed E-state index contributed by atoms with van der Waals surface area (Å²) in [5.41, 5.74) is 3.58. The first-order valence-electron chi connectivity index (χ1n) is 16.2. The molecule has 4 heteroatoms. The van der Waals surface area contributed by atoms with Gasteiger partial charge in [-0.1, -0.05) is 47.0 Å². The van der Waals surface area contributed by atoms with Crippen LogP contribution in [0.2, 0.25) is 0 Å². The maximum atomic E-state index is 13.2. The van der Waals surface area contributed by atoms with Gasteiger partial charge in [0.1, 0.15) is 0 Å². The van der Waals surface area contributed by atoms with Crippen LogP contribution < -0.4 is 0 Å². The van der Waals surface area contributed by atoms with Crippen molar-refractivity contribution in [3.05, 3.63) is 47.0 Å². The summed E-state index contributed by atoms with van der Waals surface area (Å²) in [6.45, 7) is 12.5. The number of carbonyl (C=O) groups is 1. The Labute approximate surface area is 251 Å². The van der Waals surface area contributed by atoms with Crippen LogP contribution in [0, 0.1) is 57.7 Å².